The molecule has 1 aromatic heterocycles. The van der Waals surface area contributed by atoms with Crippen molar-refractivity contribution in [1.29, 1.82) is 0 Å². The molecule has 2 heterocycles. The molecule has 1 aliphatic rings. The fourth-order valence-electron chi connectivity index (χ4n) is 2.20. The van der Waals surface area contributed by atoms with E-state index in [1.807, 2.05) is 13.8 Å². The molecule has 1 aromatic rings. The van der Waals surface area contributed by atoms with Crippen LogP contribution >= 0.6 is 0 Å². The van der Waals surface area contributed by atoms with E-state index in [1.165, 1.54) is 0 Å². The van der Waals surface area contributed by atoms with E-state index in [-0.39, 0.29) is 11.9 Å². The first-order valence-electron chi connectivity index (χ1n) is 7.06. The van der Waals surface area contributed by atoms with Crippen molar-refractivity contribution >= 4 is 11.9 Å². The normalized spacial score (nSPS) is 19.8. The number of amides is 1. The molecule has 1 unspecified atom stereocenters. The van der Waals surface area contributed by atoms with Crippen molar-refractivity contribution in [2.75, 3.05) is 24.5 Å². The largest absolute Gasteiger partial charge is 0.351 e. The van der Waals surface area contributed by atoms with Crippen LogP contribution in [0.15, 0.2) is 18.5 Å². The van der Waals surface area contributed by atoms with Gasteiger partial charge >= 0.3 is 0 Å². The summed E-state index contributed by atoms with van der Waals surface area (Å²) < 4.78 is 0. The van der Waals surface area contributed by atoms with Crippen LogP contribution in [0.5, 0.6) is 0 Å². The minimum absolute atomic E-state index is 0.0147. The van der Waals surface area contributed by atoms with Crippen LogP contribution in [0.2, 0.25) is 0 Å². The van der Waals surface area contributed by atoms with Gasteiger partial charge in [-0.15, -0.1) is 0 Å². The number of anilines is 1. The summed E-state index contributed by atoms with van der Waals surface area (Å²) in [6, 6.07) is 1.93. The highest BCUT2D eigenvalue weighted by atomic mass is 16.2. The molecule has 20 heavy (non-hydrogen) atoms. The Morgan fingerprint density at radius 2 is 2.20 bits per heavy atom. The third kappa shape index (κ3) is 3.45. The molecular weight excluding hydrogens is 254 g/mol. The number of aromatic nitrogens is 2. The van der Waals surface area contributed by atoms with Crippen LogP contribution < -0.4 is 16.0 Å². The summed E-state index contributed by atoms with van der Waals surface area (Å²) in [4.78, 5) is 22.8. The number of rotatable bonds is 4. The van der Waals surface area contributed by atoms with E-state index in [0.29, 0.717) is 6.54 Å². The van der Waals surface area contributed by atoms with Gasteiger partial charge in [0.25, 0.3) is 0 Å². The van der Waals surface area contributed by atoms with Gasteiger partial charge < -0.3 is 16.0 Å². The van der Waals surface area contributed by atoms with Crippen LogP contribution in [0, 0.1) is 5.41 Å². The Bertz CT molecular complexity index is 448. The zero-order valence-electron chi connectivity index (χ0n) is 12.2. The lowest BCUT2D eigenvalue weighted by Gasteiger charge is -2.34. The molecule has 110 valence electrons. The summed E-state index contributed by atoms with van der Waals surface area (Å²) >= 11 is 0. The van der Waals surface area contributed by atoms with Crippen LogP contribution in [0.4, 0.5) is 5.95 Å². The number of carbonyl (C=O) groups is 1. The van der Waals surface area contributed by atoms with E-state index in [9.17, 15) is 4.79 Å². The quantitative estimate of drug-likeness (QED) is 0.839. The zero-order chi connectivity index (χ0) is 14.6. The highest BCUT2D eigenvalue weighted by Gasteiger charge is 2.30. The predicted octanol–water partition coefficient (Wildman–Crippen LogP) is 0.547. The van der Waals surface area contributed by atoms with Gasteiger partial charge in [0, 0.05) is 38.1 Å². The number of carbonyl (C=O) groups excluding carboxylic acids is 1. The zero-order valence-corrected chi connectivity index (χ0v) is 12.2. The molecule has 1 aliphatic heterocycles. The molecular formula is C14H23N5O. The van der Waals surface area contributed by atoms with Crippen molar-refractivity contribution in [3.63, 3.8) is 0 Å². The second-order valence-corrected chi connectivity index (χ2v) is 5.90. The highest BCUT2D eigenvalue weighted by Crippen LogP contribution is 2.18. The Balaban J connectivity index is 1.96. The summed E-state index contributed by atoms with van der Waals surface area (Å²) in [6.45, 7) is 5.75. The van der Waals surface area contributed by atoms with E-state index >= 15 is 0 Å². The smallest absolute Gasteiger partial charge is 0.227 e. The Morgan fingerprint density at radius 3 is 2.85 bits per heavy atom. The van der Waals surface area contributed by atoms with Crippen LogP contribution in [-0.2, 0) is 4.79 Å². The molecule has 1 amide bonds. The summed E-state index contributed by atoms with van der Waals surface area (Å²) in [7, 11) is 0. The van der Waals surface area contributed by atoms with Crippen LogP contribution in [0.1, 0.15) is 26.7 Å². The van der Waals surface area contributed by atoms with Crippen molar-refractivity contribution in [1.82, 2.24) is 15.3 Å². The molecule has 0 aliphatic carbocycles. The van der Waals surface area contributed by atoms with Crippen molar-refractivity contribution in [2.45, 2.75) is 32.7 Å². The Hall–Kier alpha value is -1.69. The molecule has 6 nitrogen and oxygen atoms in total. The van der Waals surface area contributed by atoms with Crippen molar-refractivity contribution in [2.24, 2.45) is 11.1 Å². The average Bonchev–Trinajstić information content (AvgIpc) is 2.48. The fraction of sp³-hybridized carbons (Fsp3) is 0.643. The minimum Gasteiger partial charge on any atom is -0.351 e. The maximum atomic E-state index is 12.2. The third-order valence-electron chi connectivity index (χ3n) is 3.72. The standard InChI is InChI=1S/C14H23N5O/c1-14(2,10-15)12(20)18-11-5-3-8-19(9-11)13-16-6-4-7-17-13/h4,6-7,11H,3,5,8-10,15H2,1-2H3,(H,18,20). The van der Waals surface area contributed by atoms with E-state index in [4.69, 9.17) is 5.73 Å². The molecule has 0 bridgehead atoms. The first-order valence-corrected chi connectivity index (χ1v) is 7.06. The summed E-state index contributed by atoms with van der Waals surface area (Å²) in [5.74, 6) is 0.741. The van der Waals surface area contributed by atoms with Gasteiger partial charge in [0.05, 0.1) is 5.41 Å². The first kappa shape index (κ1) is 14.7. The molecule has 6 heteroatoms. The van der Waals surface area contributed by atoms with Gasteiger partial charge in [-0.25, -0.2) is 9.97 Å². The van der Waals surface area contributed by atoms with Crippen LogP contribution in [0.25, 0.3) is 0 Å². The van der Waals surface area contributed by atoms with Crippen molar-refractivity contribution < 1.29 is 4.79 Å². The molecule has 0 radical (unpaired) electrons. The van der Waals surface area contributed by atoms with Crippen LogP contribution in [-0.4, -0.2) is 41.6 Å². The monoisotopic (exact) mass is 277 g/mol. The molecule has 1 atom stereocenters. The van der Waals surface area contributed by atoms with Gasteiger partial charge in [-0.2, -0.15) is 0 Å². The SMILES string of the molecule is CC(C)(CN)C(=O)NC1CCCN(c2ncccn2)C1. The molecule has 0 saturated carbocycles. The van der Waals surface area contributed by atoms with E-state index in [2.05, 4.69) is 20.2 Å². The first-order chi connectivity index (χ1) is 9.53. The minimum atomic E-state index is -0.522. The topological polar surface area (TPSA) is 84.1 Å². The maximum Gasteiger partial charge on any atom is 0.227 e. The summed E-state index contributed by atoms with van der Waals surface area (Å²) in [5.41, 5.74) is 5.12. The number of nitrogens with zero attached hydrogens (tertiary/aromatic N) is 3. The van der Waals surface area contributed by atoms with Gasteiger partial charge in [-0.1, -0.05) is 0 Å². The van der Waals surface area contributed by atoms with Crippen molar-refractivity contribution in [3.05, 3.63) is 18.5 Å². The molecule has 1 fully saturated rings. The highest BCUT2D eigenvalue weighted by molar-refractivity contribution is 5.82. The Labute approximate surface area is 119 Å². The Kier molecular flexibility index (Phi) is 4.54. The summed E-state index contributed by atoms with van der Waals surface area (Å²) in [6.07, 6.45) is 5.48. The van der Waals surface area contributed by atoms with Gasteiger partial charge in [-0.3, -0.25) is 4.79 Å². The van der Waals surface area contributed by atoms with Gasteiger partial charge in [-0.05, 0) is 32.8 Å². The second kappa shape index (κ2) is 6.17. The van der Waals surface area contributed by atoms with Crippen molar-refractivity contribution in [3.8, 4) is 0 Å². The average molecular weight is 277 g/mol. The number of nitrogens with one attached hydrogen (secondary N) is 1. The molecule has 0 aromatic carbocycles. The molecule has 1 saturated heterocycles. The van der Waals surface area contributed by atoms with Gasteiger partial charge in [0.1, 0.15) is 0 Å². The summed E-state index contributed by atoms with van der Waals surface area (Å²) in [5, 5.41) is 3.09. The molecule has 0 spiro atoms. The lowest BCUT2D eigenvalue weighted by molar-refractivity contribution is -0.129. The van der Waals surface area contributed by atoms with Gasteiger partial charge in [0.15, 0.2) is 0 Å². The Morgan fingerprint density at radius 1 is 1.50 bits per heavy atom. The molecule has 2 rings (SSSR count). The number of hydrogen-bond donors (Lipinski definition) is 2. The molecule has 3 N–H and O–H groups in total. The van der Waals surface area contributed by atoms with E-state index in [0.717, 1.165) is 31.9 Å². The van der Waals surface area contributed by atoms with Crippen LogP contribution in [0.3, 0.4) is 0 Å². The third-order valence-corrected chi connectivity index (χ3v) is 3.72. The van der Waals surface area contributed by atoms with E-state index in [1.54, 1.807) is 18.5 Å². The lowest BCUT2D eigenvalue weighted by atomic mass is 9.91. The number of nitrogens with two attached hydrogens (primary N) is 1. The number of piperidine rings is 1. The van der Waals surface area contributed by atoms with Gasteiger partial charge in [0.2, 0.25) is 11.9 Å². The maximum absolute atomic E-state index is 12.2. The van der Waals surface area contributed by atoms with E-state index < -0.39 is 5.41 Å². The lowest BCUT2D eigenvalue weighted by Crippen LogP contribution is -2.52. The number of hydrogen-bond acceptors (Lipinski definition) is 5. The fourth-order valence-corrected chi connectivity index (χ4v) is 2.20. The second-order valence-electron chi connectivity index (χ2n) is 5.90. The predicted molar refractivity (Wildman–Crippen MR) is 78.2 cm³/mol.